The first-order valence-corrected chi connectivity index (χ1v) is 6.22. The summed E-state index contributed by atoms with van der Waals surface area (Å²) in [6, 6.07) is 5.91. The molecule has 1 aromatic carbocycles. The van der Waals surface area contributed by atoms with E-state index in [1.165, 1.54) is 0 Å². The number of aryl methyl sites for hydroxylation is 1. The van der Waals surface area contributed by atoms with Crippen LogP contribution >= 0.6 is 11.6 Å². The molecule has 2 nitrogen and oxygen atoms in total. The SMILES string of the molecule is Cc1ccc(B2OC(C)(C)C(C)(C)O2)cc1Cl. The van der Waals surface area contributed by atoms with Gasteiger partial charge in [-0.3, -0.25) is 0 Å². The Labute approximate surface area is 108 Å². The predicted octanol–water partition coefficient (Wildman–Crippen LogP) is 2.95. The van der Waals surface area contributed by atoms with Crippen molar-refractivity contribution in [3.63, 3.8) is 0 Å². The average Bonchev–Trinajstić information content (AvgIpc) is 2.41. The highest BCUT2D eigenvalue weighted by atomic mass is 35.5. The van der Waals surface area contributed by atoms with Gasteiger partial charge in [-0.2, -0.15) is 0 Å². The van der Waals surface area contributed by atoms with E-state index in [0.29, 0.717) is 0 Å². The van der Waals surface area contributed by atoms with Crippen LogP contribution in [0, 0.1) is 6.92 Å². The maximum absolute atomic E-state index is 6.12. The van der Waals surface area contributed by atoms with Gasteiger partial charge in [0.15, 0.2) is 0 Å². The molecular formula is C13H18BClO2. The second kappa shape index (κ2) is 4.01. The van der Waals surface area contributed by atoms with Crippen molar-refractivity contribution in [2.24, 2.45) is 0 Å². The lowest BCUT2D eigenvalue weighted by atomic mass is 9.79. The van der Waals surface area contributed by atoms with Gasteiger partial charge < -0.3 is 9.31 Å². The molecule has 1 aliphatic rings. The molecule has 0 atom stereocenters. The normalized spacial score (nSPS) is 21.9. The summed E-state index contributed by atoms with van der Waals surface area (Å²) in [6.45, 7) is 10.2. The van der Waals surface area contributed by atoms with Gasteiger partial charge in [-0.15, -0.1) is 0 Å². The number of rotatable bonds is 1. The van der Waals surface area contributed by atoms with E-state index in [9.17, 15) is 0 Å². The molecule has 0 unspecified atom stereocenters. The summed E-state index contributed by atoms with van der Waals surface area (Å²) in [4.78, 5) is 0. The largest absolute Gasteiger partial charge is 0.494 e. The molecule has 92 valence electrons. The third-order valence-corrected chi connectivity index (χ3v) is 4.13. The summed E-state index contributed by atoms with van der Waals surface area (Å²) in [7, 11) is -0.335. The minimum Gasteiger partial charge on any atom is -0.399 e. The molecule has 0 aliphatic carbocycles. The van der Waals surface area contributed by atoms with E-state index in [0.717, 1.165) is 16.0 Å². The van der Waals surface area contributed by atoms with Crippen molar-refractivity contribution in [1.29, 1.82) is 0 Å². The summed E-state index contributed by atoms with van der Waals surface area (Å²) < 4.78 is 11.9. The molecule has 0 radical (unpaired) electrons. The van der Waals surface area contributed by atoms with Crippen LogP contribution in [0.3, 0.4) is 0 Å². The molecule has 1 aliphatic heterocycles. The lowest BCUT2D eigenvalue weighted by molar-refractivity contribution is 0.00578. The molecule has 0 N–H and O–H groups in total. The van der Waals surface area contributed by atoms with Crippen molar-refractivity contribution >= 4 is 24.2 Å². The lowest BCUT2D eigenvalue weighted by Crippen LogP contribution is -2.41. The Morgan fingerprint density at radius 3 is 2.06 bits per heavy atom. The van der Waals surface area contributed by atoms with Crippen LogP contribution in [0.15, 0.2) is 18.2 Å². The van der Waals surface area contributed by atoms with E-state index in [2.05, 4.69) is 0 Å². The van der Waals surface area contributed by atoms with Gasteiger partial charge in [-0.05, 0) is 51.7 Å². The summed E-state index contributed by atoms with van der Waals surface area (Å²) in [5.41, 5.74) is 1.41. The van der Waals surface area contributed by atoms with E-state index in [-0.39, 0.29) is 18.3 Å². The standard InChI is InChI=1S/C13H18BClO2/c1-9-6-7-10(8-11(9)15)14-16-12(2,3)13(4,5)17-14/h6-8H,1-5H3. The van der Waals surface area contributed by atoms with Crippen LogP contribution in [0.25, 0.3) is 0 Å². The molecule has 0 bridgehead atoms. The van der Waals surface area contributed by atoms with Gasteiger partial charge >= 0.3 is 7.12 Å². The van der Waals surface area contributed by atoms with Crippen LogP contribution in [-0.4, -0.2) is 18.3 Å². The number of benzene rings is 1. The van der Waals surface area contributed by atoms with E-state index < -0.39 is 0 Å². The summed E-state index contributed by atoms with van der Waals surface area (Å²) in [6.07, 6.45) is 0. The molecule has 4 heteroatoms. The van der Waals surface area contributed by atoms with Crippen molar-refractivity contribution in [2.75, 3.05) is 0 Å². The topological polar surface area (TPSA) is 18.5 Å². The lowest BCUT2D eigenvalue weighted by Gasteiger charge is -2.32. The Morgan fingerprint density at radius 2 is 1.59 bits per heavy atom. The Hall–Kier alpha value is -0.505. The third-order valence-electron chi connectivity index (χ3n) is 3.72. The minimum absolute atomic E-state index is 0.310. The van der Waals surface area contributed by atoms with Crippen molar-refractivity contribution in [3.8, 4) is 0 Å². The van der Waals surface area contributed by atoms with E-state index in [1.54, 1.807) is 0 Å². The Kier molecular flexibility index (Phi) is 3.05. The summed E-state index contributed by atoms with van der Waals surface area (Å²) in [5, 5.41) is 0.747. The van der Waals surface area contributed by atoms with Crippen LogP contribution in [0.5, 0.6) is 0 Å². The first-order chi connectivity index (χ1) is 7.73. The van der Waals surface area contributed by atoms with Gasteiger partial charge in [0.1, 0.15) is 0 Å². The van der Waals surface area contributed by atoms with Gasteiger partial charge in [0.25, 0.3) is 0 Å². The highest BCUT2D eigenvalue weighted by Gasteiger charge is 2.51. The fourth-order valence-electron chi connectivity index (χ4n) is 1.73. The van der Waals surface area contributed by atoms with Crippen LogP contribution in [0.4, 0.5) is 0 Å². The van der Waals surface area contributed by atoms with Gasteiger partial charge in [0, 0.05) is 5.02 Å². The predicted molar refractivity (Wildman–Crippen MR) is 71.9 cm³/mol. The zero-order chi connectivity index (χ0) is 12.8. The molecule has 1 heterocycles. The van der Waals surface area contributed by atoms with Gasteiger partial charge in [-0.25, -0.2) is 0 Å². The highest BCUT2D eigenvalue weighted by Crippen LogP contribution is 2.36. The molecule has 0 aromatic heterocycles. The van der Waals surface area contributed by atoms with Crippen LogP contribution < -0.4 is 5.46 Å². The first-order valence-electron chi connectivity index (χ1n) is 5.85. The number of hydrogen-bond donors (Lipinski definition) is 0. The Morgan fingerprint density at radius 1 is 1.06 bits per heavy atom. The second-order valence-electron chi connectivity index (χ2n) is 5.60. The van der Waals surface area contributed by atoms with Crippen molar-refractivity contribution < 1.29 is 9.31 Å². The third kappa shape index (κ3) is 2.24. The zero-order valence-corrected chi connectivity index (χ0v) is 11.8. The van der Waals surface area contributed by atoms with Crippen LogP contribution in [0.1, 0.15) is 33.3 Å². The number of hydrogen-bond acceptors (Lipinski definition) is 2. The second-order valence-corrected chi connectivity index (χ2v) is 6.00. The first kappa shape index (κ1) is 12.9. The number of halogens is 1. The zero-order valence-electron chi connectivity index (χ0n) is 11.0. The maximum atomic E-state index is 6.12. The summed E-state index contributed by atoms with van der Waals surface area (Å²) >= 11 is 6.12. The average molecular weight is 253 g/mol. The van der Waals surface area contributed by atoms with Crippen molar-refractivity contribution in [3.05, 3.63) is 28.8 Å². The molecule has 1 saturated heterocycles. The van der Waals surface area contributed by atoms with Crippen molar-refractivity contribution in [2.45, 2.75) is 45.8 Å². The Bertz CT molecular complexity index is 427. The molecule has 0 spiro atoms. The molecule has 1 fully saturated rings. The van der Waals surface area contributed by atoms with Crippen molar-refractivity contribution in [1.82, 2.24) is 0 Å². The fraction of sp³-hybridized carbons (Fsp3) is 0.538. The van der Waals surface area contributed by atoms with Crippen LogP contribution in [0.2, 0.25) is 5.02 Å². The van der Waals surface area contributed by atoms with Gasteiger partial charge in [0.2, 0.25) is 0 Å². The molecule has 0 amide bonds. The fourth-order valence-corrected chi connectivity index (χ4v) is 1.92. The molecule has 1 aromatic rings. The van der Waals surface area contributed by atoms with Gasteiger partial charge in [0.05, 0.1) is 11.2 Å². The monoisotopic (exact) mass is 252 g/mol. The molecule has 2 rings (SSSR count). The van der Waals surface area contributed by atoms with E-state index in [4.69, 9.17) is 20.9 Å². The van der Waals surface area contributed by atoms with Crippen LogP contribution in [-0.2, 0) is 9.31 Å². The van der Waals surface area contributed by atoms with E-state index in [1.807, 2.05) is 52.8 Å². The van der Waals surface area contributed by atoms with E-state index >= 15 is 0 Å². The quantitative estimate of drug-likeness (QED) is 0.716. The van der Waals surface area contributed by atoms with Gasteiger partial charge in [-0.1, -0.05) is 23.7 Å². The molecule has 17 heavy (non-hydrogen) atoms. The highest BCUT2D eigenvalue weighted by molar-refractivity contribution is 6.62. The smallest absolute Gasteiger partial charge is 0.399 e. The molecular weight excluding hydrogens is 234 g/mol. The Balaban J connectivity index is 2.29. The maximum Gasteiger partial charge on any atom is 0.494 e. The minimum atomic E-state index is -0.335. The summed E-state index contributed by atoms with van der Waals surface area (Å²) in [5.74, 6) is 0. The molecule has 0 saturated carbocycles.